The first-order valence-corrected chi connectivity index (χ1v) is 6.23. The van der Waals surface area contributed by atoms with Crippen molar-refractivity contribution in [1.29, 1.82) is 5.26 Å². The van der Waals surface area contributed by atoms with E-state index >= 15 is 0 Å². The maximum atomic E-state index is 8.53. The van der Waals surface area contributed by atoms with Gasteiger partial charge in [-0.05, 0) is 12.3 Å². The fourth-order valence-corrected chi connectivity index (χ4v) is 2.70. The smallest absolute Gasteiger partial charge is 0.204 e. The van der Waals surface area contributed by atoms with E-state index in [0.717, 1.165) is 18.7 Å². The van der Waals surface area contributed by atoms with Crippen molar-refractivity contribution in [2.24, 2.45) is 16.8 Å². The second kappa shape index (κ2) is 4.90. The van der Waals surface area contributed by atoms with Crippen molar-refractivity contribution in [1.82, 2.24) is 15.6 Å². The van der Waals surface area contributed by atoms with E-state index in [9.17, 15) is 0 Å². The molecule has 2 heterocycles. The average molecular weight is 261 g/mol. The molecule has 2 fully saturated rings. The zero-order valence-electron chi connectivity index (χ0n) is 10.5. The van der Waals surface area contributed by atoms with Gasteiger partial charge in [0.05, 0.1) is 12.3 Å². The average Bonchev–Trinajstić information content (AvgIpc) is 2.87. The first-order valence-electron chi connectivity index (χ1n) is 6.23. The van der Waals surface area contributed by atoms with Gasteiger partial charge in [0.15, 0.2) is 18.3 Å². The lowest BCUT2D eigenvalue weighted by atomic mass is 10.1. The van der Waals surface area contributed by atoms with Crippen molar-refractivity contribution >= 4 is 5.96 Å². The minimum Gasteiger partial charge on any atom is -0.446 e. The Labute approximate surface area is 110 Å². The summed E-state index contributed by atoms with van der Waals surface area (Å²) in [6.07, 6.45) is 6.28. The summed E-state index contributed by atoms with van der Waals surface area (Å²) >= 11 is 0. The Morgan fingerprint density at radius 2 is 2.58 bits per heavy atom. The summed E-state index contributed by atoms with van der Waals surface area (Å²) < 4.78 is 11.2. The molecule has 2 N–H and O–H groups in total. The van der Waals surface area contributed by atoms with Gasteiger partial charge in [-0.2, -0.15) is 5.26 Å². The van der Waals surface area contributed by atoms with E-state index in [-0.39, 0.29) is 12.2 Å². The van der Waals surface area contributed by atoms with Crippen molar-refractivity contribution in [3.8, 4) is 6.19 Å². The molecule has 1 aliphatic heterocycles. The number of ether oxygens (including phenoxy) is 1. The Bertz CT molecular complexity index is 495. The molecule has 7 nitrogen and oxygen atoms in total. The lowest BCUT2D eigenvalue weighted by molar-refractivity contribution is 0.0449. The van der Waals surface area contributed by atoms with Gasteiger partial charge >= 0.3 is 0 Å². The second-order valence-electron chi connectivity index (χ2n) is 4.75. The molecule has 3 rings (SSSR count). The van der Waals surface area contributed by atoms with Gasteiger partial charge in [-0.25, -0.2) is 4.98 Å². The summed E-state index contributed by atoms with van der Waals surface area (Å²) in [5, 5.41) is 14.1. The van der Waals surface area contributed by atoms with Crippen LogP contribution in [-0.4, -0.2) is 30.6 Å². The number of aromatic nitrogens is 1. The van der Waals surface area contributed by atoms with Crippen LogP contribution in [0.2, 0.25) is 0 Å². The quantitative estimate of drug-likeness (QED) is 0.354. The molecule has 1 aliphatic carbocycles. The molecule has 1 aromatic rings. The van der Waals surface area contributed by atoms with E-state index in [1.165, 1.54) is 6.39 Å². The van der Waals surface area contributed by atoms with Crippen molar-refractivity contribution in [2.45, 2.75) is 18.6 Å². The molecule has 1 saturated heterocycles. The molecular weight excluding hydrogens is 246 g/mol. The molecule has 0 bridgehead atoms. The number of guanidine groups is 1. The molecular formula is C12H15N5O2. The lowest BCUT2D eigenvalue weighted by Crippen LogP contribution is -2.36. The predicted octanol–water partition coefficient (Wildman–Crippen LogP) is 0.397. The molecule has 1 saturated carbocycles. The number of hydrogen-bond donors (Lipinski definition) is 2. The third-order valence-corrected chi connectivity index (χ3v) is 3.73. The second-order valence-corrected chi connectivity index (χ2v) is 4.75. The zero-order chi connectivity index (χ0) is 13.2. The molecule has 2 aliphatic rings. The molecule has 7 heteroatoms. The maximum absolute atomic E-state index is 8.53. The molecule has 0 spiro atoms. The van der Waals surface area contributed by atoms with E-state index in [4.69, 9.17) is 14.4 Å². The minimum atomic E-state index is 0.0466. The fraction of sp³-hybridized carbons (Fsp3) is 0.583. The summed E-state index contributed by atoms with van der Waals surface area (Å²) in [7, 11) is 1.64. The van der Waals surface area contributed by atoms with Gasteiger partial charge in [-0.3, -0.25) is 10.3 Å². The summed E-state index contributed by atoms with van der Waals surface area (Å²) in [5.41, 5.74) is 0. The molecule has 0 radical (unpaired) electrons. The van der Waals surface area contributed by atoms with Crippen LogP contribution in [0.25, 0.3) is 0 Å². The molecule has 0 unspecified atom stereocenters. The van der Waals surface area contributed by atoms with Crippen LogP contribution < -0.4 is 10.6 Å². The first kappa shape index (κ1) is 12.0. The monoisotopic (exact) mass is 261 g/mol. The number of hydrogen-bond acceptors (Lipinski definition) is 5. The van der Waals surface area contributed by atoms with Gasteiger partial charge in [0, 0.05) is 19.5 Å². The van der Waals surface area contributed by atoms with Crippen LogP contribution in [0.5, 0.6) is 0 Å². The number of rotatable bonds is 3. The summed E-state index contributed by atoms with van der Waals surface area (Å²) in [6, 6.07) is 0. The topological polar surface area (TPSA) is 95.5 Å². The highest BCUT2D eigenvalue weighted by Crippen LogP contribution is 2.55. The Balaban J connectivity index is 1.46. The van der Waals surface area contributed by atoms with E-state index in [2.05, 4.69) is 20.6 Å². The van der Waals surface area contributed by atoms with Crippen LogP contribution in [-0.2, 0) is 4.74 Å². The Morgan fingerprint density at radius 3 is 3.16 bits per heavy atom. The van der Waals surface area contributed by atoms with Crippen LogP contribution in [0.3, 0.4) is 0 Å². The van der Waals surface area contributed by atoms with Crippen LogP contribution in [0.15, 0.2) is 22.0 Å². The number of fused-ring (bicyclic) bond motifs is 1. The largest absolute Gasteiger partial charge is 0.446 e. The van der Waals surface area contributed by atoms with Gasteiger partial charge in [0.2, 0.25) is 5.96 Å². The molecule has 0 aromatic carbocycles. The SMILES string of the molecule is CN=C(NC#N)NC[C@@H]1[C@H]2C[C@@H](c3cnco3)O[C@@H]12. The Kier molecular flexibility index (Phi) is 3.09. The van der Waals surface area contributed by atoms with Crippen molar-refractivity contribution < 1.29 is 9.15 Å². The number of nitrogens with zero attached hydrogens (tertiary/aromatic N) is 3. The van der Waals surface area contributed by atoms with Gasteiger partial charge in [-0.1, -0.05) is 0 Å². The normalized spacial score (nSPS) is 32.5. The molecule has 100 valence electrons. The maximum Gasteiger partial charge on any atom is 0.204 e. The zero-order valence-corrected chi connectivity index (χ0v) is 10.5. The van der Waals surface area contributed by atoms with Crippen molar-refractivity contribution in [3.63, 3.8) is 0 Å². The Hall–Kier alpha value is -2.07. The highest BCUT2D eigenvalue weighted by Gasteiger charge is 2.58. The summed E-state index contributed by atoms with van der Waals surface area (Å²) in [6.45, 7) is 0.764. The number of oxazole rings is 1. The highest BCUT2D eigenvalue weighted by molar-refractivity contribution is 5.81. The first-order chi connectivity index (χ1) is 9.33. The van der Waals surface area contributed by atoms with E-state index in [0.29, 0.717) is 17.8 Å². The highest BCUT2D eigenvalue weighted by atomic mass is 16.5. The Morgan fingerprint density at radius 1 is 1.68 bits per heavy atom. The molecule has 1 aromatic heterocycles. The van der Waals surface area contributed by atoms with E-state index in [1.54, 1.807) is 13.2 Å². The van der Waals surface area contributed by atoms with E-state index in [1.807, 2.05) is 6.19 Å². The number of nitrogens with one attached hydrogen (secondary N) is 2. The van der Waals surface area contributed by atoms with E-state index < -0.39 is 0 Å². The van der Waals surface area contributed by atoms with Gasteiger partial charge < -0.3 is 14.5 Å². The van der Waals surface area contributed by atoms with Crippen molar-refractivity contribution in [3.05, 3.63) is 18.4 Å². The third-order valence-electron chi connectivity index (χ3n) is 3.73. The van der Waals surface area contributed by atoms with Gasteiger partial charge in [0.25, 0.3) is 0 Å². The predicted molar refractivity (Wildman–Crippen MR) is 65.8 cm³/mol. The molecule has 19 heavy (non-hydrogen) atoms. The molecule has 0 amide bonds. The third kappa shape index (κ3) is 2.27. The summed E-state index contributed by atoms with van der Waals surface area (Å²) in [4.78, 5) is 7.84. The van der Waals surface area contributed by atoms with Gasteiger partial charge in [0.1, 0.15) is 6.10 Å². The van der Waals surface area contributed by atoms with Crippen LogP contribution >= 0.6 is 0 Å². The van der Waals surface area contributed by atoms with Crippen molar-refractivity contribution in [2.75, 3.05) is 13.6 Å². The summed E-state index contributed by atoms with van der Waals surface area (Å²) in [5.74, 6) is 2.35. The standard InChI is InChI=1S/C12H15N5O2/c1-14-12(17-5-13)16-3-8-7-2-9(19-11(7)8)10-4-15-6-18-10/h4,6-9,11H,2-3H2,1H3,(H2,14,16,17)/t7-,8-,9+,11-/m1/s1. The molecule has 4 atom stereocenters. The van der Waals surface area contributed by atoms with Gasteiger partial charge in [-0.15, -0.1) is 0 Å². The number of nitriles is 1. The number of aliphatic imine (C=N–C) groups is 1. The van der Waals surface area contributed by atoms with Crippen LogP contribution in [0.4, 0.5) is 0 Å². The minimum absolute atomic E-state index is 0.0466. The van der Waals surface area contributed by atoms with Crippen LogP contribution in [0, 0.1) is 23.3 Å². The fourth-order valence-electron chi connectivity index (χ4n) is 2.70. The van der Waals surface area contributed by atoms with Crippen LogP contribution in [0.1, 0.15) is 18.3 Å². The lowest BCUT2D eigenvalue weighted by Gasteiger charge is -2.13.